The fraction of sp³-hybridized carbons (Fsp3) is 0.125. The zero-order valence-electron chi connectivity index (χ0n) is 11.7. The van der Waals surface area contributed by atoms with E-state index in [0.717, 1.165) is 11.2 Å². The van der Waals surface area contributed by atoms with Crippen molar-refractivity contribution in [2.75, 3.05) is 0 Å². The van der Waals surface area contributed by atoms with Crippen LogP contribution in [0.15, 0.2) is 45.5 Å². The zero-order valence-corrected chi connectivity index (χ0v) is 14.8. The molecule has 4 nitrogen and oxygen atoms in total. The molecule has 0 spiro atoms. The summed E-state index contributed by atoms with van der Waals surface area (Å²) >= 11 is 6.52. The Hall–Kier alpha value is -1.66. The predicted octanol–water partition coefficient (Wildman–Crippen LogP) is 4.36. The van der Waals surface area contributed by atoms with Gasteiger partial charge in [-0.3, -0.25) is 4.79 Å². The van der Waals surface area contributed by atoms with Gasteiger partial charge in [-0.2, -0.15) is 5.10 Å². The van der Waals surface area contributed by atoms with Crippen molar-refractivity contribution < 1.29 is 9.90 Å². The monoisotopic (exact) mass is 422 g/mol. The summed E-state index contributed by atoms with van der Waals surface area (Å²) in [5.41, 5.74) is 2.64. The zero-order chi connectivity index (χ0) is 15.9. The maximum absolute atomic E-state index is 12.9. The molecule has 1 aromatic carbocycles. The number of carbonyl (C=O) groups excluding carboxylic acids is 1. The number of aromatic nitrogens is 2. The average molecular weight is 424 g/mol. The number of benzene rings is 1. The van der Waals surface area contributed by atoms with Crippen LogP contribution in [0, 0.1) is 0 Å². The molecule has 3 aromatic rings. The molecule has 112 valence electrons. The van der Waals surface area contributed by atoms with Crippen LogP contribution in [-0.2, 0) is 6.42 Å². The second kappa shape index (κ2) is 5.85. The minimum atomic E-state index is -0.112. The molecule has 0 radical (unpaired) electrons. The minimum absolute atomic E-state index is 0.0760. The van der Waals surface area contributed by atoms with Gasteiger partial charge in [-0.15, -0.1) is 0 Å². The molecule has 0 saturated heterocycles. The Morgan fingerprint density at radius 3 is 2.59 bits per heavy atom. The van der Waals surface area contributed by atoms with E-state index in [2.05, 4.69) is 37.0 Å². The van der Waals surface area contributed by atoms with Crippen LogP contribution in [0.4, 0.5) is 0 Å². The van der Waals surface area contributed by atoms with Gasteiger partial charge in [-0.05, 0) is 62.5 Å². The molecule has 0 aliphatic carbocycles. The van der Waals surface area contributed by atoms with Gasteiger partial charge in [-0.25, -0.2) is 4.52 Å². The molecule has 3 rings (SSSR count). The number of pyridine rings is 1. The molecule has 0 bridgehead atoms. The van der Waals surface area contributed by atoms with Gasteiger partial charge in [0.2, 0.25) is 0 Å². The lowest BCUT2D eigenvalue weighted by molar-refractivity contribution is 0.103. The molecular weight excluding hydrogens is 412 g/mol. The third-order valence-corrected chi connectivity index (χ3v) is 4.66. The lowest BCUT2D eigenvalue weighted by Crippen LogP contribution is -2.04. The summed E-state index contributed by atoms with van der Waals surface area (Å²) in [4.78, 5) is 12.9. The van der Waals surface area contributed by atoms with Crippen molar-refractivity contribution in [2.24, 2.45) is 0 Å². The number of halogens is 2. The lowest BCUT2D eigenvalue weighted by Gasteiger charge is -2.06. The summed E-state index contributed by atoms with van der Waals surface area (Å²) in [6.07, 6.45) is 2.50. The molecule has 6 heteroatoms. The van der Waals surface area contributed by atoms with Crippen LogP contribution in [-0.4, -0.2) is 20.5 Å². The molecule has 0 amide bonds. The van der Waals surface area contributed by atoms with Crippen molar-refractivity contribution in [2.45, 2.75) is 13.3 Å². The van der Waals surface area contributed by atoms with E-state index in [4.69, 9.17) is 0 Å². The molecule has 1 N–H and O–H groups in total. The van der Waals surface area contributed by atoms with Crippen molar-refractivity contribution >= 4 is 43.2 Å². The quantitative estimate of drug-likeness (QED) is 0.636. The highest BCUT2D eigenvalue weighted by Gasteiger charge is 2.21. The number of ketones is 1. The highest BCUT2D eigenvalue weighted by Crippen LogP contribution is 2.34. The molecule has 22 heavy (non-hydrogen) atoms. The Morgan fingerprint density at radius 2 is 1.95 bits per heavy atom. The van der Waals surface area contributed by atoms with Crippen LogP contribution in [0.1, 0.15) is 28.5 Å². The van der Waals surface area contributed by atoms with Crippen LogP contribution in [0.25, 0.3) is 5.52 Å². The highest BCUT2D eigenvalue weighted by atomic mass is 79.9. The largest absolute Gasteiger partial charge is 0.506 e. The van der Waals surface area contributed by atoms with E-state index in [1.165, 1.54) is 0 Å². The topological polar surface area (TPSA) is 54.6 Å². The van der Waals surface area contributed by atoms with Gasteiger partial charge in [-0.1, -0.05) is 13.0 Å². The normalized spacial score (nSPS) is 11.0. The number of phenolic OH excluding ortho intramolecular Hbond substituents is 1. The van der Waals surface area contributed by atoms with Crippen molar-refractivity contribution in [3.05, 3.63) is 62.3 Å². The van der Waals surface area contributed by atoms with E-state index in [9.17, 15) is 9.90 Å². The van der Waals surface area contributed by atoms with E-state index in [-0.39, 0.29) is 11.5 Å². The second-order valence-corrected chi connectivity index (χ2v) is 6.53. The van der Waals surface area contributed by atoms with Gasteiger partial charge in [0.25, 0.3) is 0 Å². The van der Waals surface area contributed by atoms with Crippen molar-refractivity contribution in [3.63, 3.8) is 0 Å². The van der Waals surface area contributed by atoms with Crippen LogP contribution < -0.4 is 0 Å². The molecule has 0 aliphatic rings. The van der Waals surface area contributed by atoms with Crippen LogP contribution >= 0.6 is 31.9 Å². The fourth-order valence-electron chi connectivity index (χ4n) is 2.38. The second-order valence-electron chi connectivity index (χ2n) is 4.82. The number of nitrogens with zero attached hydrogens (tertiary/aromatic N) is 2. The molecule has 0 atom stereocenters. The van der Waals surface area contributed by atoms with E-state index >= 15 is 0 Å². The van der Waals surface area contributed by atoms with Crippen molar-refractivity contribution in [1.82, 2.24) is 9.61 Å². The number of aromatic hydroxyl groups is 1. The number of fused-ring (bicyclic) bond motifs is 1. The first-order valence-electron chi connectivity index (χ1n) is 6.72. The van der Waals surface area contributed by atoms with Gasteiger partial charge in [0.1, 0.15) is 5.75 Å². The molecule has 0 fully saturated rings. The number of carbonyl (C=O) groups is 1. The third-order valence-electron chi connectivity index (χ3n) is 3.45. The molecule has 2 heterocycles. The van der Waals surface area contributed by atoms with E-state index in [1.54, 1.807) is 16.6 Å². The number of phenols is 1. The first kappa shape index (κ1) is 15.2. The van der Waals surface area contributed by atoms with Gasteiger partial charge < -0.3 is 5.11 Å². The van der Waals surface area contributed by atoms with E-state index < -0.39 is 0 Å². The molecule has 0 saturated carbocycles. The SMILES string of the molecule is CCc1nn2ccccc2c1C(=O)c1cc(Br)c(O)c(Br)c1. The molecule has 0 unspecified atom stereocenters. The molecular formula is C16H12Br2N2O2. The third kappa shape index (κ3) is 2.46. The van der Waals surface area contributed by atoms with Crippen LogP contribution in [0.2, 0.25) is 0 Å². The Balaban J connectivity index is 2.21. The molecule has 0 aliphatic heterocycles. The maximum atomic E-state index is 12.9. The van der Waals surface area contributed by atoms with Gasteiger partial charge in [0, 0.05) is 11.8 Å². The summed E-state index contributed by atoms with van der Waals surface area (Å²) < 4.78 is 2.66. The number of aryl methyl sites for hydroxylation is 1. The Kier molecular flexibility index (Phi) is 4.06. The van der Waals surface area contributed by atoms with Crippen molar-refractivity contribution in [1.29, 1.82) is 0 Å². The van der Waals surface area contributed by atoms with Gasteiger partial charge >= 0.3 is 0 Å². The average Bonchev–Trinajstić information content (AvgIpc) is 2.89. The first-order valence-corrected chi connectivity index (χ1v) is 8.30. The number of hydrogen-bond donors (Lipinski definition) is 1. The van der Waals surface area contributed by atoms with Crippen molar-refractivity contribution in [3.8, 4) is 5.75 Å². The summed E-state index contributed by atoms with van der Waals surface area (Å²) in [6.45, 7) is 1.97. The number of rotatable bonds is 3. The standard InChI is InChI=1S/C16H12Br2N2O2/c1-2-12-14(13-5-3-4-6-20(13)19-12)15(21)9-7-10(17)16(22)11(18)8-9/h3-8,22H,2H2,1H3. The smallest absolute Gasteiger partial charge is 0.197 e. The predicted molar refractivity (Wildman–Crippen MR) is 91.5 cm³/mol. The van der Waals surface area contributed by atoms with E-state index in [1.807, 2.05) is 31.3 Å². The van der Waals surface area contributed by atoms with Crippen LogP contribution in [0.3, 0.4) is 0 Å². The lowest BCUT2D eigenvalue weighted by atomic mass is 10.0. The maximum Gasteiger partial charge on any atom is 0.197 e. The molecule has 2 aromatic heterocycles. The van der Waals surface area contributed by atoms with Gasteiger partial charge in [0.05, 0.1) is 25.7 Å². The Bertz CT molecular complexity index is 864. The Morgan fingerprint density at radius 1 is 1.27 bits per heavy atom. The fourth-order valence-corrected chi connectivity index (χ4v) is 3.57. The number of hydrogen-bond acceptors (Lipinski definition) is 3. The van der Waals surface area contributed by atoms with Crippen LogP contribution in [0.5, 0.6) is 5.75 Å². The Labute approximate surface area is 144 Å². The highest BCUT2D eigenvalue weighted by molar-refractivity contribution is 9.11. The summed E-state index contributed by atoms with van der Waals surface area (Å²) in [5, 5.41) is 14.3. The summed E-state index contributed by atoms with van der Waals surface area (Å²) in [5.74, 6) is -0.0356. The summed E-state index contributed by atoms with van der Waals surface area (Å²) in [6, 6.07) is 8.88. The van der Waals surface area contributed by atoms with E-state index in [0.29, 0.717) is 26.5 Å². The van der Waals surface area contributed by atoms with Gasteiger partial charge in [0.15, 0.2) is 5.78 Å². The summed E-state index contributed by atoms with van der Waals surface area (Å²) in [7, 11) is 0. The minimum Gasteiger partial charge on any atom is -0.506 e. The first-order chi connectivity index (χ1) is 10.5.